The predicted octanol–water partition coefficient (Wildman–Crippen LogP) is 9.67. The van der Waals surface area contributed by atoms with Crippen molar-refractivity contribution in [1.82, 2.24) is 25.0 Å². The van der Waals surface area contributed by atoms with Crippen LogP contribution in [-0.4, -0.2) is 25.0 Å². The molecule has 0 radical (unpaired) electrons. The molecule has 0 aliphatic carbocycles. The molecule has 0 atom stereocenters. The Morgan fingerprint density at radius 1 is 0.400 bits per heavy atom. The van der Waals surface area contributed by atoms with E-state index in [-0.39, 0.29) is 0 Å². The smallest absolute Gasteiger partial charge is 0.121 e. The van der Waals surface area contributed by atoms with E-state index in [2.05, 4.69) is 113 Å². The van der Waals surface area contributed by atoms with Crippen LogP contribution < -0.4 is 0 Å². The lowest BCUT2D eigenvalue weighted by Gasteiger charge is -2.18. The Balaban J connectivity index is 1.33. The molecule has 0 aliphatic heterocycles. The van der Waals surface area contributed by atoms with Gasteiger partial charge in [-0.2, -0.15) is 4.80 Å². The molecule has 0 unspecified atom stereocenters. The second-order valence-corrected chi connectivity index (χ2v) is 11.2. The third-order valence-electron chi connectivity index (χ3n) is 8.65. The van der Waals surface area contributed by atoms with Gasteiger partial charge in [0.2, 0.25) is 0 Å². The lowest BCUT2D eigenvalue weighted by atomic mass is 9.84. The van der Waals surface area contributed by atoms with Gasteiger partial charge in [-0.25, -0.2) is 0 Å². The first-order valence-corrected chi connectivity index (χ1v) is 15.0. The Hall–Kier alpha value is -6.20. The molecule has 0 saturated carbocycles. The number of hydrogen-bond acceptors (Lipinski definition) is 4. The van der Waals surface area contributed by atoms with Crippen molar-refractivity contribution in [1.29, 1.82) is 0 Å². The zero-order valence-corrected chi connectivity index (χ0v) is 24.2. The molecule has 9 rings (SSSR count). The third-order valence-corrected chi connectivity index (χ3v) is 8.65. The topological polar surface area (TPSA) is 56.5 Å². The standard InChI is InChI=1S/C40H25N5/c1-6-15-35-30(10-1)36(25-37-40(35)44-45(43-37)29-9-7-8-28(24-29)26-16-20-41-21-17-26)39-33-13-4-2-11-31(33)38(27-18-22-42-23-19-27)32-12-3-5-14-34(32)39/h1-25H. The molecule has 0 saturated heterocycles. The number of aromatic nitrogens is 5. The summed E-state index contributed by atoms with van der Waals surface area (Å²) in [6.07, 6.45) is 7.36. The fraction of sp³-hybridized carbons (Fsp3) is 0. The van der Waals surface area contributed by atoms with Gasteiger partial charge in [0.25, 0.3) is 0 Å². The predicted molar refractivity (Wildman–Crippen MR) is 183 cm³/mol. The molecule has 5 heteroatoms. The third kappa shape index (κ3) is 4.09. The quantitative estimate of drug-likeness (QED) is 0.196. The fourth-order valence-electron chi connectivity index (χ4n) is 6.67. The summed E-state index contributed by atoms with van der Waals surface area (Å²) >= 11 is 0. The zero-order valence-electron chi connectivity index (χ0n) is 24.2. The molecule has 0 N–H and O–H groups in total. The van der Waals surface area contributed by atoms with Gasteiger partial charge in [-0.05, 0) is 103 Å². The van der Waals surface area contributed by atoms with Crippen LogP contribution in [0.1, 0.15) is 0 Å². The van der Waals surface area contributed by atoms with Crippen molar-refractivity contribution in [3.8, 4) is 39.1 Å². The highest BCUT2D eigenvalue weighted by Gasteiger charge is 2.20. The molecule has 0 bridgehead atoms. The van der Waals surface area contributed by atoms with Gasteiger partial charge in [0.15, 0.2) is 0 Å². The van der Waals surface area contributed by atoms with Crippen molar-refractivity contribution >= 4 is 43.4 Å². The van der Waals surface area contributed by atoms with Gasteiger partial charge >= 0.3 is 0 Å². The molecule has 5 nitrogen and oxygen atoms in total. The van der Waals surface area contributed by atoms with E-state index < -0.39 is 0 Å². The molecule has 0 spiro atoms. The maximum Gasteiger partial charge on any atom is 0.121 e. The van der Waals surface area contributed by atoms with Crippen LogP contribution in [0.2, 0.25) is 0 Å². The lowest BCUT2D eigenvalue weighted by Crippen LogP contribution is -1.98. The van der Waals surface area contributed by atoms with E-state index in [0.717, 1.165) is 49.7 Å². The molecule has 210 valence electrons. The monoisotopic (exact) mass is 575 g/mol. The highest BCUT2D eigenvalue weighted by molar-refractivity contribution is 6.25. The van der Waals surface area contributed by atoms with Crippen LogP contribution in [0.4, 0.5) is 0 Å². The van der Waals surface area contributed by atoms with Gasteiger partial charge in [0.05, 0.1) is 5.69 Å². The molecule has 3 aromatic heterocycles. The minimum absolute atomic E-state index is 0.851. The molecule has 0 fully saturated rings. The molecular weight excluding hydrogens is 550 g/mol. The second-order valence-electron chi connectivity index (χ2n) is 11.2. The van der Waals surface area contributed by atoms with Crippen LogP contribution in [0, 0.1) is 0 Å². The van der Waals surface area contributed by atoms with Crippen molar-refractivity contribution in [3.63, 3.8) is 0 Å². The Bertz CT molecular complexity index is 2480. The normalized spacial score (nSPS) is 11.6. The maximum atomic E-state index is 5.07. The van der Waals surface area contributed by atoms with Crippen molar-refractivity contribution in [2.75, 3.05) is 0 Å². The minimum atomic E-state index is 0.851. The maximum absolute atomic E-state index is 5.07. The molecule has 0 amide bonds. The second kappa shape index (κ2) is 10.2. The van der Waals surface area contributed by atoms with Crippen LogP contribution in [0.25, 0.3) is 82.4 Å². The number of rotatable bonds is 4. The highest BCUT2D eigenvalue weighted by atomic mass is 15.5. The van der Waals surface area contributed by atoms with E-state index >= 15 is 0 Å². The average Bonchev–Trinajstić information content (AvgIpc) is 3.56. The molecular formula is C40H25N5. The van der Waals surface area contributed by atoms with Crippen molar-refractivity contribution in [2.24, 2.45) is 0 Å². The highest BCUT2D eigenvalue weighted by Crippen LogP contribution is 2.46. The number of nitrogens with zero attached hydrogens (tertiary/aromatic N) is 5. The van der Waals surface area contributed by atoms with Gasteiger partial charge in [-0.3, -0.25) is 9.97 Å². The summed E-state index contributed by atoms with van der Waals surface area (Å²) in [5.74, 6) is 0. The van der Waals surface area contributed by atoms with E-state index in [1.165, 1.54) is 32.7 Å². The largest absolute Gasteiger partial charge is 0.265 e. The van der Waals surface area contributed by atoms with Crippen molar-refractivity contribution in [3.05, 3.63) is 152 Å². The van der Waals surface area contributed by atoms with Gasteiger partial charge in [-0.1, -0.05) is 84.9 Å². The van der Waals surface area contributed by atoms with Gasteiger partial charge < -0.3 is 0 Å². The summed E-state index contributed by atoms with van der Waals surface area (Å²) in [4.78, 5) is 10.2. The Morgan fingerprint density at radius 2 is 0.956 bits per heavy atom. The Labute approximate surface area is 259 Å². The van der Waals surface area contributed by atoms with Gasteiger partial charge in [0.1, 0.15) is 11.0 Å². The first-order valence-electron chi connectivity index (χ1n) is 15.0. The van der Waals surface area contributed by atoms with Crippen LogP contribution in [-0.2, 0) is 0 Å². The fourth-order valence-corrected chi connectivity index (χ4v) is 6.67. The van der Waals surface area contributed by atoms with E-state index in [4.69, 9.17) is 10.2 Å². The van der Waals surface area contributed by atoms with E-state index in [1.54, 1.807) is 4.80 Å². The SMILES string of the molecule is c1cc(-c2ccncc2)cc(-n2nc3cc(-c4c5ccccc5c(-c5ccncc5)c5ccccc45)c4ccccc4c3n2)c1. The minimum Gasteiger partial charge on any atom is -0.265 e. The summed E-state index contributed by atoms with van der Waals surface area (Å²) < 4.78 is 0. The van der Waals surface area contributed by atoms with Crippen LogP contribution in [0.5, 0.6) is 0 Å². The zero-order chi connectivity index (χ0) is 29.7. The molecule has 0 aliphatic rings. The lowest BCUT2D eigenvalue weighted by molar-refractivity contribution is 0.766. The van der Waals surface area contributed by atoms with Crippen LogP contribution in [0.15, 0.2) is 152 Å². The number of fused-ring (bicyclic) bond motifs is 5. The molecule has 3 heterocycles. The van der Waals surface area contributed by atoms with Gasteiger partial charge in [0, 0.05) is 30.2 Å². The number of benzene rings is 6. The molecule has 45 heavy (non-hydrogen) atoms. The van der Waals surface area contributed by atoms with Crippen molar-refractivity contribution < 1.29 is 0 Å². The van der Waals surface area contributed by atoms with E-state index in [1.807, 2.05) is 49.1 Å². The first kappa shape index (κ1) is 25.3. The van der Waals surface area contributed by atoms with Gasteiger partial charge in [-0.15, -0.1) is 10.2 Å². The van der Waals surface area contributed by atoms with E-state index in [0.29, 0.717) is 0 Å². The number of hydrogen-bond donors (Lipinski definition) is 0. The Kier molecular flexibility index (Phi) is 5.74. The summed E-state index contributed by atoms with van der Waals surface area (Å²) in [5, 5.41) is 17.1. The van der Waals surface area contributed by atoms with E-state index in [9.17, 15) is 0 Å². The molecule has 6 aromatic carbocycles. The summed E-state index contributed by atoms with van der Waals surface area (Å²) in [7, 11) is 0. The molecule has 9 aromatic rings. The number of pyridine rings is 2. The van der Waals surface area contributed by atoms with Crippen LogP contribution in [0.3, 0.4) is 0 Å². The van der Waals surface area contributed by atoms with Crippen LogP contribution >= 0.6 is 0 Å². The summed E-state index contributed by atoms with van der Waals surface area (Å²) in [6, 6.07) is 44.7. The first-order chi connectivity index (χ1) is 22.3. The Morgan fingerprint density at radius 3 is 1.60 bits per heavy atom. The van der Waals surface area contributed by atoms with Crippen molar-refractivity contribution in [2.45, 2.75) is 0 Å². The average molecular weight is 576 g/mol. The summed E-state index contributed by atoms with van der Waals surface area (Å²) in [5.41, 5.74) is 9.55. The summed E-state index contributed by atoms with van der Waals surface area (Å²) in [6.45, 7) is 0.